The fraction of sp³-hybridized carbons (Fsp3) is 0.263. The highest BCUT2D eigenvalue weighted by atomic mass is 32.2. The first-order chi connectivity index (χ1) is 16.1. The average Bonchev–Trinajstić information content (AvgIpc) is 3.26. The van der Waals surface area contributed by atoms with Crippen molar-refractivity contribution in [2.45, 2.75) is 0 Å². The molecule has 0 spiro atoms. The number of hydrogen-bond donors (Lipinski definition) is 2. The number of sulfonamides is 1. The number of amides is 1. The summed E-state index contributed by atoms with van der Waals surface area (Å²) in [6, 6.07) is 3.78. The minimum atomic E-state index is -3.24. The van der Waals surface area contributed by atoms with Gasteiger partial charge in [-0.15, -0.1) is 5.10 Å². The Bertz CT molecular complexity index is 1310. The largest absolute Gasteiger partial charge is 0.399 e. The van der Waals surface area contributed by atoms with Gasteiger partial charge in [-0.3, -0.25) is 4.79 Å². The molecule has 15 heteroatoms. The van der Waals surface area contributed by atoms with Crippen LogP contribution in [0.15, 0.2) is 34.9 Å². The normalized spacial score (nSPS) is 14.8. The number of pyridine rings is 1. The van der Waals surface area contributed by atoms with Gasteiger partial charge in [0.05, 0.1) is 23.8 Å². The molecule has 180 valence electrons. The fourth-order valence-electron chi connectivity index (χ4n) is 3.18. The Kier molecular flexibility index (Phi) is 6.39. The summed E-state index contributed by atoms with van der Waals surface area (Å²) in [6.07, 6.45) is 2.57. The predicted molar refractivity (Wildman–Crippen MR) is 115 cm³/mol. The molecule has 0 saturated carbocycles. The maximum Gasteiger partial charge on any atom is 0.320 e. The molecule has 1 amide bonds. The Hall–Kier alpha value is -3.72. The number of benzene rings is 1. The van der Waals surface area contributed by atoms with Crippen molar-refractivity contribution in [3.63, 3.8) is 0 Å². The molecule has 1 fully saturated rings. The lowest BCUT2D eigenvalue weighted by Crippen LogP contribution is -2.48. The van der Waals surface area contributed by atoms with Gasteiger partial charge in [-0.25, -0.2) is 26.6 Å². The molecule has 0 aliphatic carbocycles. The molecule has 3 aromatic rings. The molecule has 2 N–H and O–H groups in total. The van der Waals surface area contributed by atoms with Crippen LogP contribution in [0.3, 0.4) is 0 Å². The number of aromatic nitrogens is 3. The van der Waals surface area contributed by atoms with Gasteiger partial charge in [-0.2, -0.15) is 4.31 Å². The zero-order valence-corrected chi connectivity index (χ0v) is 18.4. The van der Waals surface area contributed by atoms with E-state index in [0.717, 1.165) is 0 Å². The van der Waals surface area contributed by atoms with Crippen LogP contribution in [0.1, 0.15) is 10.7 Å². The van der Waals surface area contributed by atoms with Crippen molar-refractivity contribution in [2.24, 2.45) is 0 Å². The summed E-state index contributed by atoms with van der Waals surface area (Å²) in [5.41, 5.74) is -0.130. The van der Waals surface area contributed by atoms with Crippen molar-refractivity contribution in [1.29, 1.82) is 0 Å². The second kappa shape index (κ2) is 9.26. The zero-order chi connectivity index (χ0) is 24.5. The zero-order valence-electron chi connectivity index (χ0n) is 17.6. The van der Waals surface area contributed by atoms with E-state index in [9.17, 15) is 26.4 Å². The van der Waals surface area contributed by atoms with E-state index in [0.29, 0.717) is 49.8 Å². The molecular weight excluding hydrogens is 479 g/mol. The first-order valence-corrected chi connectivity index (χ1v) is 11.7. The third-order valence-electron chi connectivity index (χ3n) is 4.91. The van der Waals surface area contributed by atoms with Gasteiger partial charge in [-0.05, 0) is 12.1 Å². The highest BCUT2D eigenvalue weighted by Crippen LogP contribution is 2.23. The summed E-state index contributed by atoms with van der Waals surface area (Å²) < 4.78 is 69.8. The van der Waals surface area contributed by atoms with Crippen molar-refractivity contribution in [3.05, 3.63) is 53.8 Å². The van der Waals surface area contributed by atoms with E-state index in [1.165, 1.54) is 16.8 Å². The maximum absolute atomic E-state index is 13.7. The third-order valence-corrected chi connectivity index (χ3v) is 6.21. The number of carbonyl (C=O) groups excluding carboxylic acids is 1. The van der Waals surface area contributed by atoms with Crippen LogP contribution >= 0.6 is 0 Å². The van der Waals surface area contributed by atoms with Crippen LogP contribution in [-0.2, 0) is 10.0 Å². The Morgan fingerprint density at radius 3 is 2.38 bits per heavy atom. The van der Waals surface area contributed by atoms with Crippen LogP contribution in [-0.4, -0.2) is 66.2 Å². The number of anilines is 4. The summed E-state index contributed by atoms with van der Waals surface area (Å²) in [5, 5.41) is 11.8. The van der Waals surface area contributed by atoms with Crippen LogP contribution in [0, 0.1) is 17.5 Å². The summed E-state index contributed by atoms with van der Waals surface area (Å²) in [5.74, 6) is -4.36. The Morgan fingerprint density at radius 1 is 1.03 bits per heavy atom. The standard InChI is InChI=1S/C19H18F3N7O4S/c1-34(31,32)29-6-4-28(5-7-29)16-3-2-11(10-23-16)24-17(30)18-26-27-19(33-18)25-15-9-13(21)12(20)8-14(15)22/h2-3,8-10H,4-7H2,1H3,(H,24,30)(H,25,27). The molecule has 3 heterocycles. The number of halogens is 3. The molecule has 1 saturated heterocycles. The van der Waals surface area contributed by atoms with Crippen LogP contribution in [0.2, 0.25) is 0 Å². The highest BCUT2D eigenvalue weighted by molar-refractivity contribution is 7.88. The number of nitrogens with zero attached hydrogens (tertiary/aromatic N) is 5. The van der Waals surface area contributed by atoms with Crippen molar-refractivity contribution >= 4 is 39.1 Å². The molecule has 34 heavy (non-hydrogen) atoms. The quantitative estimate of drug-likeness (QED) is 0.490. The second-order valence-electron chi connectivity index (χ2n) is 7.29. The van der Waals surface area contributed by atoms with Crippen molar-refractivity contribution in [1.82, 2.24) is 19.5 Å². The number of carbonyl (C=O) groups is 1. The number of hydrogen-bond acceptors (Lipinski definition) is 9. The summed E-state index contributed by atoms with van der Waals surface area (Å²) in [6.45, 7) is 1.65. The van der Waals surface area contributed by atoms with Crippen LogP contribution in [0.25, 0.3) is 0 Å². The monoisotopic (exact) mass is 497 g/mol. The minimum absolute atomic E-state index is 0.322. The van der Waals surface area contributed by atoms with E-state index in [-0.39, 0.29) is 0 Å². The van der Waals surface area contributed by atoms with E-state index in [1.54, 1.807) is 12.1 Å². The Balaban J connectivity index is 1.36. The highest BCUT2D eigenvalue weighted by Gasteiger charge is 2.24. The van der Waals surface area contributed by atoms with Gasteiger partial charge in [0, 0.05) is 38.3 Å². The first-order valence-electron chi connectivity index (χ1n) is 9.83. The molecule has 1 aliphatic heterocycles. The number of nitrogens with one attached hydrogen (secondary N) is 2. The van der Waals surface area contributed by atoms with Crippen molar-refractivity contribution in [2.75, 3.05) is 48.0 Å². The summed E-state index contributed by atoms with van der Waals surface area (Å²) in [4.78, 5) is 18.5. The van der Waals surface area contributed by atoms with Crippen LogP contribution in [0.4, 0.5) is 36.4 Å². The smallest absolute Gasteiger partial charge is 0.320 e. The molecule has 0 bridgehead atoms. The Morgan fingerprint density at radius 2 is 1.74 bits per heavy atom. The Labute approximate surface area is 191 Å². The van der Waals surface area contributed by atoms with E-state index in [2.05, 4.69) is 25.8 Å². The maximum atomic E-state index is 13.7. The lowest BCUT2D eigenvalue weighted by molar-refractivity contribution is 0.0991. The molecule has 2 aromatic heterocycles. The van der Waals surface area contributed by atoms with Gasteiger partial charge in [0.1, 0.15) is 11.6 Å². The number of rotatable bonds is 6. The minimum Gasteiger partial charge on any atom is -0.399 e. The lowest BCUT2D eigenvalue weighted by atomic mass is 10.3. The molecule has 0 unspecified atom stereocenters. The summed E-state index contributed by atoms with van der Waals surface area (Å²) in [7, 11) is -3.24. The molecule has 11 nitrogen and oxygen atoms in total. The van der Waals surface area contributed by atoms with Crippen LogP contribution in [0.5, 0.6) is 0 Å². The molecule has 0 radical (unpaired) electrons. The average molecular weight is 497 g/mol. The van der Waals surface area contributed by atoms with Gasteiger partial charge in [0.15, 0.2) is 11.6 Å². The topological polar surface area (TPSA) is 134 Å². The van der Waals surface area contributed by atoms with E-state index in [1.807, 2.05) is 4.90 Å². The first kappa shape index (κ1) is 23.4. The van der Waals surface area contributed by atoms with Gasteiger partial charge in [0.25, 0.3) is 0 Å². The molecule has 1 aliphatic rings. The van der Waals surface area contributed by atoms with Crippen LogP contribution < -0.4 is 15.5 Å². The second-order valence-corrected chi connectivity index (χ2v) is 9.27. The van der Waals surface area contributed by atoms with Gasteiger partial charge in [0.2, 0.25) is 10.0 Å². The number of piperazine rings is 1. The molecule has 0 atom stereocenters. The lowest BCUT2D eigenvalue weighted by Gasteiger charge is -2.33. The fourth-order valence-corrected chi connectivity index (χ4v) is 4.01. The summed E-state index contributed by atoms with van der Waals surface area (Å²) >= 11 is 0. The SMILES string of the molecule is CS(=O)(=O)N1CCN(c2ccc(NC(=O)c3nnc(Nc4cc(F)c(F)cc4F)o3)cn2)CC1. The molecule has 1 aromatic carbocycles. The third kappa shape index (κ3) is 5.26. The van der Waals surface area contributed by atoms with Crippen molar-refractivity contribution < 1.29 is 30.8 Å². The van der Waals surface area contributed by atoms with E-state index >= 15 is 0 Å². The molecule has 4 rings (SSSR count). The predicted octanol–water partition coefficient (Wildman–Crippen LogP) is 1.96. The van der Waals surface area contributed by atoms with E-state index < -0.39 is 51.0 Å². The van der Waals surface area contributed by atoms with E-state index in [4.69, 9.17) is 4.42 Å². The van der Waals surface area contributed by atoms with Gasteiger partial charge >= 0.3 is 17.8 Å². The molecular formula is C19H18F3N7O4S. The van der Waals surface area contributed by atoms with Gasteiger partial charge < -0.3 is 20.0 Å². The van der Waals surface area contributed by atoms with Gasteiger partial charge in [-0.1, -0.05) is 5.10 Å². The van der Waals surface area contributed by atoms with Crippen molar-refractivity contribution in [3.8, 4) is 0 Å².